The lowest BCUT2D eigenvalue weighted by Crippen LogP contribution is -2.25. The zero-order valence-electron chi connectivity index (χ0n) is 9.98. The second kappa shape index (κ2) is 6.06. The van der Waals surface area contributed by atoms with Crippen LogP contribution in [0.25, 0.3) is 0 Å². The van der Waals surface area contributed by atoms with Gasteiger partial charge >= 0.3 is 0 Å². The summed E-state index contributed by atoms with van der Waals surface area (Å²) in [7, 11) is 0. The molecule has 2 aromatic rings. The van der Waals surface area contributed by atoms with Crippen LogP contribution in [0.5, 0.6) is 0 Å². The number of hydrogen-bond acceptors (Lipinski definition) is 3. The molecule has 0 aliphatic heterocycles. The maximum absolute atomic E-state index is 4.21. The lowest BCUT2D eigenvalue weighted by atomic mass is 10.3. The number of aromatic nitrogens is 2. The Hall–Kier alpha value is -1.81. The highest BCUT2D eigenvalue weighted by Crippen LogP contribution is 2.05. The highest BCUT2D eigenvalue weighted by Gasteiger charge is 2.05. The first-order valence-electron chi connectivity index (χ1n) is 5.88. The van der Waals surface area contributed by atoms with Crippen molar-refractivity contribution in [3.05, 3.63) is 48.5 Å². The van der Waals surface area contributed by atoms with Crippen LogP contribution in [0.4, 0.5) is 5.69 Å². The molecule has 90 valence electrons. The summed E-state index contributed by atoms with van der Waals surface area (Å²) in [5.74, 6) is 0.977. The Morgan fingerprint density at radius 3 is 2.76 bits per heavy atom. The van der Waals surface area contributed by atoms with Crippen LogP contribution < -0.4 is 10.6 Å². The summed E-state index contributed by atoms with van der Waals surface area (Å²) in [5, 5.41) is 6.75. The molecule has 0 saturated carbocycles. The molecule has 1 heterocycles. The summed E-state index contributed by atoms with van der Waals surface area (Å²) < 4.78 is 0. The van der Waals surface area contributed by atoms with Crippen LogP contribution in [0, 0.1) is 0 Å². The molecule has 1 atom stereocenters. The van der Waals surface area contributed by atoms with Crippen molar-refractivity contribution in [3.8, 4) is 0 Å². The van der Waals surface area contributed by atoms with E-state index in [4.69, 9.17) is 0 Å². The van der Waals surface area contributed by atoms with Crippen molar-refractivity contribution >= 4 is 5.69 Å². The molecular formula is C13H18N4. The van der Waals surface area contributed by atoms with Crippen molar-refractivity contribution in [2.24, 2.45) is 0 Å². The third-order valence-corrected chi connectivity index (χ3v) is 2.61. The molecule has 1 aromatic carbocycles. The number of anilines is 1. The van der Waals surface area contributed by atoms with Gasteiger partial charge in [0.1, 0.15) is 5.82 Å². The zero-order valence-corrected chi connectivity index (χ0v) is 9.98. The van der Waals surface area contributed by atoms with Crippen LogP contribution in [0.1, 0.15) is 18.8 Å². The lowest BCUT2D eigenvalue weighted by molar-refractivity contribution is 0.563. The molecule has 0 radical (unpaired) electrons. The Morgan fingerprint density at radius 2 is 2.06 bits per heavy atom. The summed E-state index contributed by atoms with van der Waals surface area (Å²) in [6.45, 7) is 3.90. The van der Waals surface area contributed by atoms with Crippen molar-refractivity contribution in [1.82, 2.24) is 15.3 Å². The van der Waals surface area contributed by atoms with E-state index in [1.54, 1.807) is 6.20 Å². The second-order valence-electron chi connectivity index (χ2n) is 3.94. The Bertz CT molecular complexity index is 410. The smallest absolute Gasteiger partial charge is 0.122 e. The fourth-order valence-electron chi connectivity index (χ4n) is 1.66. The number of nitrogens with zero attached hydrogens (tertiary/aromatic N) is 1. The molecule has 0 amide bonds. The first-order valence-corrected chi connectivity index (χ1v) is 5.88. The third kappa shape index (κ3) is 3.60. The minimum atomic E-state index is 0.252. The SMILES string of the molecule is CC(NCCNc1ccccc1)c1ncc[nH]1. The standard InChI is InChI=1S/C13H18N4/c1-11(13-16-9-10-17-13)14-7-8-15-12-5-3-2-4-6-12/h2-6,9-11,14-15H,7-8H2,1H3,(H,16,17). The maximum atomic E-state index is 4.21. The van der Waals surface area contributed by atoms with E-state index in [2.05, 4.69) is 39.7 Å². The molecule has 3 N–H and O–H groups in total. The molecule has 4 heteroatoms. The molecule has 0 aliphatic rings. The number of H-pyrrole nitrogens is 1. The van der Waals surface area contributed by atoms with Gasteiger partial charge in [-0.25, -0.2) is 4.98 Å². The largest absolute Gasteiger partial charge is 0.384 e. The summed E-state index contributed by atoms with van der Waals surface area (Å²) in [5.41, 5.74) is 1.15. The molecule has 4 nitrogen and oxygen atoms in total. The molecule has 0 saturated heterocycles. The fraction of sp³-hybridized carbons (Fsp3) is 0.308. The number of benzene rings is 1. The molecule has 0 spiro atoms. The lowest BCUT2D eigenvalue weighted by Gasteiger charge is -2.12. The average Bonchev–Trinajstić information content (AvgIpc) is 2.89. The molecular weight excluding hydrogens is 212 g/mol. The molecule has 17 heavy (non-hydrogen) atoms. The van der Waals surface area contributed by atoms with Crippen molar-refractivity contribution in [3.63, 3.8) is 0 Å². The molecule has 1 unspecified atom stereocenters. The van der Waals surface area contributed by atoms with Crippen LogP contribution in [-0.2, 0) is 0 Å². The van der Waals surface area contributed by atoms with E-state index in [9.17, 15) is 0 Å². The number of hydrogen-bond donors (Lipinski definition) is 3. The van der Waals surface area contributed by atoms with E-state index < -0.39 is 0 Å². The Kier molecular flexibility index (Phi) is 4.16. The monoisotopic (exact) mass is 230 g/mol. The van der Waals surface area contributed by atoms with Crippen molar-refractivity contribution in [2.75, 3.05) is 18.4 Å². The van der Waals surface area contributed by atoms with E-state index in [-0.39, 0.29) is 6.04 Å². The van der Waals surface area contributed by atoms with Crippen LogP contribution >= 0.6 is 0 Å². The number of nitrogens with one attached hydrogen (secondary N) is 3. The van der Waals surface area contributed by atoms with Crippen LogP contribution in [-0.4, -0.2) is 23.1 Å². The Balaban J connectivity index is 1.67. The van der Waals surface area contributed by atoms with Crippen molar-refractivity contribution in [1.29, 1.82) is 0 Å². The molecule has 0 bridgehead atoms. The first kappa shape index (κ1) is 11.7. The van der Waals surface area contributed by atoms with Crippen LogP contribution in [0.3, 0.4) is 0 Å². The van der Waals surface area contributed by atoms with E-state index in [1.807, 2.05) is 24.4 Å². The van der Waals surface area contributed by atoms with Gasteiger partial charge in [-0.2, -0.15) is 0 Å². The predicted octanol–water partition coefficient (Wildman–Crippen LogP) is 2.17. The number of para-hydroxylation sites is 1. The maximum Gasteiger partial charge on any atom is 0.122 e. The van der Waals surface area contributed by atoms with Gasteiger partial charge in [-0.3, -0.25) is 0 Å². The van der Waals surface area contributed by atoms with Crippen molar-refractivity contribution < 1.29 is 0 Å². The topological polar surface area (TPSA) is 52.7 Å². The summed E-state index contributed by atoms with van der Waals surface area (Å²) in [6, 6.07) is 10.5. The minimum Gasteiger partial charge on any atom is -0.384 e. The average molecular weight is 230 g/mol. The Morgan fingerprint density at radius 1 is 1.24 bits per heavy atom. The fourth-order valence-corrected chi connectivity index (χ4v) is 1.66. The third-order valence-electron chi connectivity index (χ3n) is 2.61. The number of imidazole rings is 1. The second-order valence-corrected chi connectivity index (χ2v) is 3.94. The van der Waals surface area contributed by atoms with Gasteiger partial charge in [0.05, 0.1) is 6.04 Å². The van der Waals surface area contributed by atoms with Gasteiger partial charge in [-0.15, -0.1) is 0 Å². The van der Waals surface area contributed by atoms with Gasteiger partial charge in [-0.05, 0) is 19.1 Å². The van der Waals surface area contributed by atoms with E-state index in [1.165, 1.54) is 0 Å². The molecule has 2 rings (SSSR count). The van der Waals surface area contributed by atoms with E-state index in [0.29, 0.717) is 0 Å². The van der Waals surface area contributed by atoms with Gasteiger partial charge in [0.15, 0.2) is 0 Å². The first-order chi connectivity index (χ1) is 8.36. The van der Waals surface area contributed by atoms with E-state index in [0.717, 1.165) is 24.6 Å². The van der Waals surface area contributed by atoms with Crippen molar-refractivity contribution in [2.45, 2.75) is 13.0 Å². The summed E-state index contributed by atoms with van der Waals surface area (Å²) in [4.78, 5) is 7.32. The summed E-state index contributed by atoms with van der Waals surface area (Å²) in [6.07, 6.45) is 3.62. The van der Waals surface area contributed by atoms with Gasteiger partial charge in [0, 0.05) is 31.2 Å². The number of aromatic amines is 1. The quantitative estimate of drug-likeness (QED) is 0.667. The normalized spacial score (nSPS) is 12.3. The molecule has 0 fully saturated rings. The molecule has 1 aromatic heterocycles. The van der Waals surface area contributed by atoms with E-state index >= 15 is 0 Å². The number of rotatable bonds is 6. The highest BCUT2D eigenvalue weighted by molar-refractivity contribution is 5.42. The van der Waals surface area contributed by atoms with Crippen LogP contribution in [0.2, 0.25) is 0 Å². The minimum absolute atomic E-state index is 0.252. The predicted molar refractivity (Wildman–Crippen MR) is 69.9 cm³/mol. The highest BCUT2D eigenvalue weighted by atomic mass is 15.0. The summed E-state index contributed by atoms with van der Waals surface area (Å²) >= 11 is 0. The van der Waals surface area contributed by atoms with Gasteiger partial charge in [0.25, 0.3) is 0 Å². The van der Waals surface area contributed by atoms with Gasteiger partial charge in [-0.1, -0.05) is 18.2 Å². The van der Waals surface area contributed by atoms with Gasteiger partial charge in [0.2, 0.25) is 0 Å². The molecule has 0 aliphatic carbocycles. The Labute approximate surface area is 101 Å². The van der Waals surface area contributed by atoms with Gasteiger partial charge < -0.3 is 15.6 Å². The van der Waals surface area contributed by atoms with Crippen LogP contribution in [0.15, 0.2) is 42.7 Å². The zero-order chi connectivity index (χ0) is 11.9.